The number of fused-ring (bicyclic) bond motifs is 5. The molecule has 154 valence electrons. The van der Waals surface area contributed by atoms with Gasteiger partial charge in [0.25, 0.3) is 11.5 Å². The molecule has 0 aliphatic carbocycles. The van der Waals surface area contributed by atoms with Gasteiger partial charge in [0.15, 0.2) is 0 Å². The first-order valence-corrected chi connectivity index (χ1v) is 11.3. The molecule has 2 aliphatic rings. The zero-order valence-corrected chi connectivity index (χ0v) is 17.6. The van der Waals surface area contributed by atoms with Gasteiger partial charge in [0.05, 0.1) is 11.8 Å². The number of thiophene rings is 1. The summed E-state index contributed by atoms with van der Waals surface area (Å²) < 4.78 is 3.14. The van der Waals surface area contributed by atoms with Crippen molar-refractivity contribution in [3.8, 4) is 10.4 Å². The lowest BCUT2D eigenvalue weighted by Gasteiger charge is -2.42. The standard InChI is InChI=1S/C24H20N4O2S/c29-23-18(22-10-16-3-1-2-4-21(16)31-22)5-6-20-17-9-15(13-28(20)23)12-27(14-17)24(30)19-11-25-7-8-26-19/h1-8,10-11,15,17H,9,12-14H2. The summed E-state index contributed by atoms with van der Waals surface area (Å²) in [5.41, 5.74) is 2.24. The van der Waals surface area contributed by atoms with Crippen LogP contribution in [0.4, 0.5) is 0 Å². The minimum absolute atomic E-state index is 0.0764. The first-order valence-electron chi connectivity index (χ1n) is 10.5. The van der Waals surface area contributed by atoms with Crippen LogP contribution in [-0.4, -0.2) is 38.4 Å². The van der Waals surface area contributed by atoms with E-state index < -0.39 is 0 Å². The van der Waals surface area contributed by atoms with Crippen molar-refractivity contribution in [2.75, 3.05) is 13.1 Å². The fraction of sp³-hybridized carbons (Fsp3) is 0.250. The van der Waals surface area contributed by atoms with E-state index in [1.807, 2.05) is 27.7 Å². The summed E-state index contributed by atoms with van der Waals surface area (Å²) in [6.07, 6.45) is 5.63. The highest BCUT2D eigenvalue weighted by Crippen LogP contribution is 2.37. The number of carbonyl (C=O) groups is 1. The fourth-order valence-corrected chi connectivity index (χ4v) is 6.06. The number of amides is 1. The highest BCUT2D eigenvalue weighted by molar-refractivity contribution is 7.22. The van der Waals surface area contributed by atoms with E-state index in [1.165, 1.54) is 16.3 Å². The smallest absolute Gasteiger partial charge is 0.274 e. The number of piperidine rings is 1. The lowest BCUT2D eigenvalue weighted by molar-refractivity contribution is 0.0588. The molecule has 0 spiro atoms. The first-order chi connectivity index (χ1) is 15.2. The summed E-state index contributed by atoms with van der Waals surface area (Å²) in [5, 5.41) is 1.17. The summed E-state index contributed by atoms with van der Waals surface area (Å²) in [4.78, 5) is 37.4. The summed E-state index contributed by atoms with van der Waals surface area (Å²) in [6.45, 7) is 1.89. The maximum Gasteiger partial charge on any atom is 0.274 e. The molecule has 6 rings (SSSR count). The minimum Gasteiger partial charge on any atom is -0.336 e. The monoisotopic (exact) mass is 428 g/mol. The van der Waals surface area contributed by atoms with Gasteiger partial charge in [-0.3, -0.25) is 14.6 Å². The molecule has 7 heteroatoms. The van der Waals surface area contributed by atoms with Crippen LogP contribution in [0.2, 0.25) is 0 Å². The van der Waals surface area contributed by atoms with Crippen molar-refractivity contribution < 1.29 is 4.79 Å². The molecular formula is C24H20N4O2S. The highest BCUT2D eigenvalue weighted by Gasteiger charge is 2.37. The number of hydrogen-bond acceptors (Lipinski definition) is 5. The number of hydrogen-bond donors (Lipinski definition) is 0. The Labute approximate surface area is 182 Å². The average Bonchev–Trinajstić information content (AvgIpc) is 3.24. The van der Waals surface area contributed by atoms with Gasteiger partial charge in [-0.15, -0.1) is 11.3 Å². The van der Waals surface area contributed by atoms with Gasteiger partial charge in [-0.1, -0.05) is 18.2 Å². The van der Waals surface area contributed by atoms with E-state index >= 15 is 0 Å². The van der Waals surface area contributed by atoms with Crippen LogP contribution < -0.4 is 5.56 Å². The van der Waals surface area contributed by atoms with E-state index in [-0.39, 0.29) is 23.3 Å². The number of pyridine rings is 1. The second kappa shape index (κ2) is 7.13. The Morgan fingerprint density at radius 3 is 2.81 bits per heavy atom. The van der Waals surface area contributed by atoms with Gasteiger partial charge in [-0.05, 0) is 42.0 Å². The van der Waals surface area contributed by atoms with Gasteiger partial charge in [0, 0.05) is 53.2 Å². The van der Waals surface area contributed by atoms with Crippen molar-refractivity contribution in [1.82, 2.24) is 19.4 Å². The molecular weight excluding hydrogens is 408 g/mol. The molecule has 6 nitrogen and oxygen atoms in total. The molecule has 0 radical (unpaired) electrons. The van der Waals surface area contributed by atoms with Gasteiger partial charge >= 0.3 is 0 Å². The molecule has 31 heavy (non-hydrogen) atoms. The zero-order valence-electron chi connectivity index (χ0n) is 16.8. The van der Waals surface area contributed by atoms with E-state index in [1.54, 1.807) is 23.7 Å². The molecule has 1 saturated heterocycles. The number of carbonyl (C=O) groups excluding carboxylic acids is 1. The van der Waals surface area contributed by atoms with Crippen molar-refractivity contribution in [3.63, 3.8) is 0 Å². The van der Waals surface area contributed by atoms with Crippen molar-refractivity contribution in [2.45, 2.75) is 18.9 Å². The van der Waals surface area contributed by atoms with Crippen molar-refractivity contribution in [3.05, 3.63) is 82.8 Å². The fourth-order valence-electron chi connectivity index (χ4n) is 4.99. The first kappa shape index (κ1) is 18.4. The molecule has 0 saturated carbocycles. The van der Waals surface area contributed by atoms with Crippen molar-refractivity contribution in [1.29, 1.82) is 0 Å². The number of nitrogens with zero attached hydrogens (tertiary/aromatic N) is 4. The minimum atomic E-state index is -0.0829. The number of rotatable bonds is 2. The van der Waals surface area contributed by atoms with E-state index in [9.17, 15) is 9.59 Å². The van der Waals surface area contributed by atoms with Gasteiger partial charge in [0.1, 0.15) is 5.69 Å². The zero-order chi connectivity index (χ0) is 20.9. The molecule has 2 unspecified atom stereocenters. The molecule has 1 fully saturated rings. The Balaban J connectivity index is 1.34. The van der Waals surface area contributed by atoms with Crippen LogP contribution in [0.5, 0.6) is 0 Å². The summed E-state index contributed by atoms with van der Waals surface area (Å²) in [7, 11) is 0. The van der Waals surface area contributed by atoms with E-state index in [0.29, 0.717) is 25.3 Å². The van der Waals surface area contributed by atoms with Gasteiger partial charge in [-0.25, -0.2) is 4.98 Å². The third-order valence-electron chi connectivity index (χ3n) is 6.36. The maximum atomic E-state index is 13.4. The second-order valence-corrected chi connectivity index (χ2v) is 9.42. The molecule has 1 amide bonds. The molecule has 2 aliphatic heterocycles. The molecule has 1 aromatic carbocycles. The summed E-state index contributed by atoms with van der Waals surface area (Å²) in [5.74, 6) is 0.347. The van der Waals surface area contributed by atoms with E-state index in [0.717, 1.165) is 22.6 Å². The van der Waals surface area contributed by atoms with Gasteiger partial charge < -0.3 is 9.47 Å². The van der Waals surface area contributed by atoms with Gasteiger partial charge in [0.2, 0.25) is 0 Å². The van der Waals surface area contributed by atoms with Crippen molar-refractivity contribution >= 4 is 27.3 Å². The second-order valence-electron chi connectivity index (χ2n) is 8.34. The molecule has 5 heterocycles. The highest BCUT2D eigenvalue weighted by atomic mass is 32.1. The average molecular weight is 429 g/mol. The molecule has 3 aromatic heterocycles. The number of likely N-dealkylation sites (tertiary alicyclic amines) is 1. The Hall–Kier alpha value is -3.32. The third kappa shape index (κ3) is 3.08. The largest absolute Gasteiger partial charge is 0.336 e. The van der Waals surface area contributed by atoms with Crippen LogP contribution in [0.1, 0.15) is 28.5 Å². The molecule has 2 atom stereocenters. The Morgan fingerprint density at radius 1 is 1.06 bits per heavy atom. The van der Waals surface area contributed by atoms with Crippen LogP contribution in [0, 0.1) is 5.92 Å². The normalized spacial score (nSPS) is 19.9. The predicted molar refractivity (Wildman–Crippen MR) is 120 cm³/mol. The van der Waals surface area contributed by atoms with Crippen LogP contribution in [-0.2, 0) is 6.54 Å². The summed E-state index contributed by atoms with van der Waals surface area (Å²) >= 11 is 1.66. The Bertz CT molecular complexity index is 1330. The maximum absolute atomic E-state index is 13.4. The van der Waals surface area contributed by atoms with Crippen LogP contribution in [0.15, 0.2) is 65.8 Å². The van der Waals surface area contributed by atoms with Gasteiger partial charge in [-0.2, -0.15) is 0 Å². The third-order valence-corrected chi connectivity index (χ3v) is 7.51. The van der Waals surface area contributed by atoms with E-state index in [4.69, 9.17) is 0 Å². The molecule has 0 N–H and O–H groups in total. The van der Waals surface area contributed by atoms with Crippen LogP contribution in [0.25, 0.3) is 20.5 Å². The molecule has 4 aromatic rings. The quantitative estimate of drug-likeness (QED) is 0.487. The summed E-state index contributed by atoms with van der Waals surface area (Å²) in [6, 6.07) is 14.4. The SMILES string of the molecule is O=C(c1cnccn1)N1CC2CC(C1)c1ccc(-c3cc4ccccc4s3)c(=O)n1C2. The lowest BCUT2D eigenvalue weighted by Crippen LogP contribution is -2.49. The lowest BCUT2D eigenvalue weighted by atomic mass is 9.82. The van der Waals surface area contributed by atoms with Crippen LogP contribution in [0.3, 0.4) is 0 Å². The van der Waals surface area contributed by atoms with Crippen LogP contribution >= 0.6 is 11.3 Å². The number of benzene rings is 1. The Morgan fingerprint density at radius 2 is 1.97 bits per heavy atom. The number of aromatic nitrogens is 3. The topological polar surface area (TPSA) is 68.1 Å². The Kier molecular flexibility index (Phi) is 4.24. The van der Waals surface area contributed by atoms with Crippen molar-refractivity contribution in [2.24, 2.45) is 5.92 Å². The molecule has 2 bridgehead atoms. The predicted octanol–water partition coefficient (Wildman–Crippen LogP) is 3.78. The van der Waals surface area contributed by atoms with E-state index in [2.05, 4.69) is 34.2 Å².